The number of benzene rings is 2. The lowest BCUT2D eigenvalue weighted by Crippen LogP contribution is -2.12. The van der Waals surface area contributed by atoms with E-state index < -0.39 is 5.97 Å². The highest BCUT2D eigenvalue weighted by Gasteiger charge is 2.23. The van der Waals surface area contributed by atoms with Gasteiger partial charge in [0.2, 0.25) is 0 Å². The summed E-state index contributed by atoms with van der Waals surface area (Å²) in [6.07, 6.45) is 4.31. The van der Waals surface area contributed by atoms with Crippen molar-refractivity contribution in [2.24, 2.45) is 0 Å². The van der Waals surface area contributed by atoms with Crippen molar-refractivity contribution in [2.45, 2.75) is 39.3 Å². The number of halogens is 1. The monoisotopic (exact) mass is 444 g/mol. The van der Waals surface area contributed by atoms with Gasteiger partial charge in [-0.1, -0.05) is 29.8 Å². The van der Waals surface area contributed by atoms with Crippen LogP contribution in [-0.2, 0) is 24.1 Å². The predicted molar refractivity (Wildman–Crippen MR) is 117 cm³/mol. The maximum absolute atomic E-state index is 12.2. The van der Waals surface area contributed by atoms with E-state index in [1.54, 1.807) is 6.20 Å². The summed E-state index contributed by atoms with van der Waals surface area (Å²) >= 11 is 6.24. The molecule has 2 aromatic carbocycles. The number of methoxy groups -OCH3 is 1. The van der Waals surface area contributed by atoms with Gasteiger partial charge in [-0.15, -0.1) is 0 Å². The second-order valence-corrected chi connectivity index (χ2v) is 7.70. The van der Waals surface area contributed by atoms with Crippen LogP contribution in [0.25, 0.3) is 0 Å². The number of carbonyl (C=O) groups excluding carboxylic acids is 1. The van der Waals surface area contributed by atoms with E-state index in [2.05, 4.69) is 4.98 Å². The Morgan fingerprint density at radius 2 is 1.94 bits per heavy atom. The summed E-state index contributed by atoms with van der Waals surface area (Å²) in [4.78, 5) is 16.6. The van der Waals surface area contributed by atoms with E-state index in [-0.39, 0.29) is 34.6 Å². The number of aromatic hydroxyl groups is 2. The molecule has 164 valence electrons. The van der Waals surface area contributed by atoms with Gasteiger partial charge >= 0.3 is 5.97 Å². The second kappa shape index (κ2) is 9.75. The van der Waals surface area contributed by atoms with Crippen molar-refractivity contribution >= 4 is 17.6 Å². The zero-order valence-electron chi connectivity index (χ0n) is 17.6. The number of hydrogen-bond acceptors (Lipinski definition) is 6. The quantitative estimate of drug-likeness (QED) is 0.501. The molecule has 0 amide bonds. The number of phenols is 2. The molecule has 0 aliphatic carbocycles. The molecule has 3 rings (SSSR count). The van der Waals surface area contributed by atoms with Gasteiger partial charge in [-0.25, -0.2) is 9.78 Å². The zero-order chi connectivity index (χ0) is 22.5. The van der Waals surface area contributed by atoms with Crippen LogP contribution in [0.4, 0.5) is 0 Å². The van der Waals surface area contributed by atoms with Crippen LogP contribution < -0.4 is 4.74 Å². The first-order valence-corrected chi connectivity index (χ1v) is 10.3. The minimum atomic E-state index is -0.725. The number of rotatable bonds is 8. The van der Waals surface area contributed by atoms with E-state index in [9.17, 15) is 15.0 Å². The van der Waals surface area contributed by atoms with E-state index in [0.29, 0.717) is 18.5 Å². The van der Waals surface area contributed by atoms with Gasteiger partial charge in [0.05, 0.1) is 24.8 Å². The fourth-order valence-electron chi connectivity index (χ4n) is 3.38. The number of aromatic nitrogens is 2. The van der Waals surface area contributed by atoms with Crippen LogP contribution >= 0.6 is 11.6 Å². The van der Waals surface area contributed by atoms with E-state index in [1.807, 2.05) is 48.9 Å². The maximum Gasteiger partial charge on any atom is 0.341 e. The molecular formula is C23H25ClN2O5. The summed E-state index contributed by atoms with van der Waals surface area (Å²) in [5.74, 6) is 0.162. The summed E-state index contributed by atoms with van der Waals surface area (Å²) in [7, 11) is 1.22. The minimum Gasteiger partial charge on any atom is -0.507 e. The standard InChI is InChI=1S/C23H25ClN2O5/c1-14(2)31-19-7-5-4-6-15(19)13-26-11-10-25-20(26)9-8-16-21(23(29)30-3)17(27)12-18(28)22(16)24/h4-7,10-12,14,27-28H,8-9,13H2,1-3H3. The number of carbonyl (C=O) groups is 1. The van der Waals surface area contributed by atoms with Gasteiger partial charge in [0, 0.05) is 30.4 Å². The topological polar surface area (TPSA) is 93.8 Å². The third-order valence-electron chi connectivity index (χ3n) is 4.79. The Labute approximate surface area is 185 Å². The third kappa shape index (κ3) is 5.11. The molecule has 8 heteroatoms. The average Bonchev–Trinajstić information content (AvgIpc) is 3.17. The average molecular weight is 445 g/mol. The van der Waals surface area contributed by atoms with Gasteiger partial charge in [-0.3, -0.25) is 0 Å². The van der Waals surface area contributed by atoms with Gasteiger partial charge in [0.1, 0.15) is 28.6 Å². The summed E-state index contributed by atoms with van der Waals surface area (Å²) < 4.78 is 12.6. The number of esters is 1. The van der Waals surface area contributed by atoms with Crippen molar-refractivity contribution in [2.75, 3.05) is 7.11 Å². The molecule has 2 N–H and O–H groups in total. The first kappa shape index (κ1) is 22.5. The Balaban J connectivity index is 1.86. The zero-order valence-corrected chi connectivity index (χ0v) is 18.4. The van der Waals surface area contributed by atoms with Crippen LogP contribution in [-0.4, -0.2) is 38.9 Å². The van der Waals surface area contributed by atoms with Crippen molar-refractivity contribution in [1.82, 2.24) is 9.55 Å². The second-order valence-electron chi connectivity index (χ2n) is 7.32. The van der Waals surface area contributed by atoms with Gasteiger partial charge in [-0.05, 0) is 31.9 Å². The highest BCUT2D eigenvalue weighted by molar-refractivity contribution is 6.33. The van der Waals surface area contributed by atoms with Gasteiger partial charge < -0.3 is 24.3 Å². The van der Waals surface area contributed by atoms with Gasteiger partial charge in [0.25, 0.3) is 0 Å². The number of ether oxygens (including phenoxy) is 2. The SMILES string of the molecule is COC(=O)c1c(O)cc(O)c(Cl)c1CCc1nccn1Cc1ccccc1OC(C)C. The fourth-order valence-corrected chi connectivity index (χ4v) is 3.63. The number of hydrogen-bond donors (Lipinski definition) is 2. The number of imidazole rings is 1. The first-order chi connectivity index (χ1) is 14.8. The molecule has 31 heavy (non-hydrogen) atoms. The molecule has 0 fully saturated rings. The Morgan fingerprint density at radius 3 is 2.65 bits per heavy atom. The van der Waals surface area contributed by atoms with Crippen molar-refractivity contribution in [3.63, 3.8) is 0 Å². The molecule has 0 saturated heterocycles. The molecule has 1 aromatic heterocycles. The van der Waals surface area contributed by atoms with Crippen LogP contribution in [0.3, 0.4) is 0 Å². The summed E-state index contributed by atoms with van der Waals surface area (Å²) in [6, 6.07) is 8.85. The molecule has 0 aliphatic rings. The van der Waals surface area contributed by atoms with Crippen molar-refractivity contribution < 1.29 is 24.5 Å². The molecule has 1 heterocycles. The Kier molecular flexibility index (Phi) is 7.07. The molecular weight excluding hydrogens is 420 g/mol. The van der Waals surface area contributed by atoms with Crippen LogP contribution in [0.2, 0.25) is 5.02 Å². The van der Waals surface area contributed by atoms with Crippen LogP contribution in [0.5, 0.6) is 17.2 Å². The number of nitrogens with zero attached hydrogens (tertiary/aromatic N) is 2. The summed E-state index contributed by atoms with van der Waals surface area (Å²) in [5, 5.41) is 20.1. The lowest BCUT2D eigenvalue weighted by Gasteiger charge is -2.16. The van der Waals surface area contributed by atoms with Gasteiger partial charge in [0.15, 0.2) is 0 Å². The normalized spacial score (nSPS) is 11.0. The van der Waals surface area contributed by atoms with Crippen LogP contribution in [0, 0.1) is 0 Å². The summed E-state index contributed by atoms with van der Waals surface area (Å²) in [5.41, 5.74) is 1.27. The number of para-hydroxylation sites is 1. The molecule has 0 aliphatic heterocycles. The third-order valence-corrected chi connectivity index (χ3v) is 5.21. The van der Waals surface area contributed by atoms with E-state index in [4.69, 9.17) is 21.1 Å². The van der Waals surface area contributed by atoms with Gasteiger partial charge in [-0.2, -0.15) is 0 Å². The lowest BCUT2D eigenvalue weighted by molar-refractivity contribution is 0.0596. The Bertz CT molecular complexity index is 1080. The smallest absolute Gasteiger partial charge is 0.341 e. The number of phenolic OH excluding ortho intramolecular Hbond substituents is 2. The fraction of sp³-hybridized carbons (Fsp3) is 0.304. The summed E-state index contributed by atoms with van der Waals surface area (Å²) in [6.45, 7) is 4.51. The molecule has 0 bridgehead atoms. The molecule has 0 atom stereocenters. The highest BCUT2D eigenvalue weighted by atomic mass is 35.5. The van der Waals surface area contributed by atoms with Crippen molar-refractivity contribution in [1.29, 1.82) is 0 Å². The highest BCUT2D eigenvalue weighted by Crippen LogP contribution is 2.37. The first-order valence-electron chi connectivity index (χ1n) is 9.88. The lowest BCUT2D eigenvalue weighted by atomic mass is 10.0. The van der Waals surface area contributed by atoms with Crippen molar-refractivity contribution in [3.8, 4) is 17.2 Å². The Morgan fingerprint density at radius 1 is 1.19 bits per heavy atom. The molecule has 0 radical (unpaired) electrons. The van der Waals surface area contributed by atoms with E-state index >= 15 is 0 Å². The van der Waals surface area contributed by atoms with Crippen LogP contribution in [0.1, 0.15) is 41.2 Å². The predicted octanol–water partition coefficient (Wildman–Crippen LogP) is 4.36. The van der Waals surface area contributed by atoms with Crippen LogP contribution in [0.15, 0.2) is 42.7 Å². The van der Waals surface area contributed by atoms with E-state index in [1.165, 1.54) is 7.11 Å². The number of aryl methyl sites for hydroxylation is 1. The maximum atomic E-state index is 12.2. The molecule has 3 aromatic rings. The minimum absolute atomic E-state index is 0.00647. The van der Waals surface area contributed by atoms with Crippen molar-refractivity contribution in [3.05, 3.63) is 70.3 Å². The largest absolute Gasteiger partial charge is 0.507 e. The molecule has 0 spiro atoms. The molecule has 0 saturated carbocycles. The van der Waals surface area contributed by atoms with E-state index in [0.717, 1.165) is 23.2 Å². The molecule has 0 unspecified atom stereocenters. The Hall–Kier alpha value is -3.19. The molecule has 7 nitrogen and oxygen atoms in total.